The predicted molar refractivity (Wildman–Crippen MR) is 70.3 cm³/mol. The highest BCUT2D eigenvalue weighted by molar-refractivity contribution is 7.15. The molecular formula is C12H15N3OS. The molecule has 0 radical (unpaired) electrons. The molecule has 2 rings (SSSR count). The van der Waals surface area contributed by atoms with Crippen molar-refractivity contribution in [1.82, 2.24) is 4.98 Å². The number of ether oxygens (including phenoxy) is 1. The quantitative estimate of drug-likeness (QED) is 0.853. The molecule has 90 valence electrons. The maximum absolute atomic E-state index is 5.53. The molecule has 0 saturated carbocycles. The molecule has 0 spiro atoms. The van der Waals surface area contributed by atoms with Gasteiger partial charge in [0.2, 0.25) is 0 Å². The van der Waals surface area contributed by atoms with Crippen LogP contribution in [0.3, 0.4) is 0 Å². The molecule has 1 aromatic carbocycles. The largest absolute Gasteiger partial charge is 0.497 e. The van der Waals surface area contributed by atoms with Gasteiger partial charge < -0.3 is 15.8 Å². The molecule has 0 saturated heterocycles. The molecule has 2 aromatic rings. The number of nitrogens with one attached hydrogen (secondary N) is 1. The summed E-state index contributed by atoms with van der Waals surface area (Å²) >= 11 is 1.59. The van der Waals surface area contributed by atoms with E-state index in [0.29, 0.717) is 6.54 Å². The second kappa shape index (κ2) is 5.65. The van der Waals surface area contributed by atoms with E-state index in [2.05, 4.69) is 10.3 Å². The Bertz CT molecular complexity index is 467. The third kappa shape index (κ3) is 3.18. The monoisotopic (exact) mass is 249 g/mol. The summed E-state index contributed by atoms with van der Waals surface area (Å²) in [5.74, 6) is 0.869. The summed E-state index contributed by atoms with van der Waals surface area (Å²) in [7, 11) is 1.66. The third-order valence-corrected chi connectivity index (χ3v) is 3.33. The van der Waals surface area contributed by atoms with Gasteiger partial charge in [0.25, 0.3) is 0 Å². The van der Waals surface area contributed by atoms with Gasteiger partial charge in [0, 0.05) is 24.2 Å². The summed E-state index contributed by atoms with van der Waals surface area (Å²) in [5.41, 5.74) is 6.72. The van der Waals surface area contributed by atoms with Crippen LogP contribution in [0.5, 0.6) is 5.75 Å². The Balaban J connectivity index is 1.92. The molecule has 5 heteroatoms. The molecule has 3 N–H and O–H groups in total. The van der Waals surface area contributed by atoms with E-state index in [1.54, 1.807) is 24.6 Å². The first-order chi connectivity index (χ1) is 8.31. The highest BCUT2D eigenvalue weighted by Crippen LogP contribution is 2.18. The summed E-state index contributed by atoms with van der Waals surface area (Å²) in [6.45, 7) is 1.30. The topological polar surface area (TPSA) is 60.2 Å². The van der Waals surface area contributed by atoms with Crippen LogP contribution in [0.15, 0.2) is 30.5 Å². The number of methoxy groups -OCH3 is 1. The number of hydrogen-bond donors (Lipinski definition) is 2. The van der Waals surface area contributed by atoms with Gasteiger partial charge in [0.05, 0.1) is 7.11 Å². The number of benzene rings is 1. The number of anilines is 1. The van der Waals surface area contributed by atoms with Gasteiger partial charge in [-0.2, -0.15) is 0 Å². The number of rotatable bonds is 5. The summed E-state index contributed by atoms with van der Waals surface area (Å²) in [4.78, 5) is 5.32. The lowest BCUT2D eigenvalue weighted by atomic mass is 10.2. The lowest BCUT2D eigenvalue weighted by molar-refractivity contribution is 0.414. The fourth-order valence-electron chi connectivity index (χ4n) is 1.40. The first-order valence-electron chi connectivity index (χ1n) is 5.33. The number of aromatic nitrogens is 1. The zero-order chi connectivity index (χ0) is 12.1. The van der Waals surface area contributed by atoms with E-state index in [0.717, 1.165) is 22.3 Å². The molecular weight excluding hydrogens is 234 g/mol. The number of nitrogens with two attached hydrogens (primary N) is 1. The fraction of sp³-hybridized carbons (Fsp3) is 0.250. The van der Waals surface area contributed by atoms with E-state index in [1.807, 2.05) is 24.3 Å². The van der Waals surface area contributed by atoms with Gasteiger partial charge in [-0.3, -0.25) is 0 Å². The lowest BCUT2D eigenvalue weighted by Crippen LogP contribution is -1.98. The van der Waals surface area contributed by atoms with Crippen LogP contribution in [-0.2, 0) is 13.1 Å². The molecule has 0 bridgehead atoms. The van der Waals surface area contributed by atoms with Crippen LogP contribution in [-0.4, -0.2) is 12.1 Å². The molecule has 4 nitrogen and oxygen atoms in total. The Morgan fingerprint density at radius 1 is 1.35 bits per heavy atom. The second-order valence-corrected chi connectivity index (χ2v) is 4.65. The normalized spacial score (nSPS) is 10.2. The minimum absolute atomic E-state index is 0.544. The molecule has 0 aliphatic heterocycles. The van der Waals surface area contributed by atoms with Gasteiger partial charge in [0.15, 0.2) is 5.13 Å². The van der Waals surface area contributed by atoms with Crippen LogP contribution in [0.1, 0.15) is 10.4 Å². The maximum Gasteiger partial charge on any atom is 0.183 e. The number of thiazole rings is 1. The molecule has 0 atom stereocenters. The van der Waals surface area contributed by atoms with Gasteiger partial charge >= 0.3 is 0 Å². The molecule has 1 aromatic heterocycles. The van der Waals surface area contributed by atoms with Gasteiger partial charge in [-0.15, -0.1) is 11.3 Å². The molecule has 0 aliphatic carbocycles. The van der Waals surface area contributed by atoms with Crippen molar-refractivity contribution in [2.75, 3.05) is 12.4 Å². The Labute approximate surface area is 104 Å². The van der Waals surface area contributed by atoms with Crippen LogP contribution in [0, 0.1) is 0 Å². The zero-order valence-corrected chi connectivity index (χ0v) is 10.5. The van der Waals surface area contributed by atoms with E-state index >= 15 is 0 Å². The van der Waals surface area contributed by atoms with Crippen LogP contribution in [0.4, 0.5) is 5.13 Å². The Morgan fingerprint density at radius 2 is 2.12 bits per heavy atom. The van der Waals surface area contributed by atoms with Gasteiger partial charge in [-0.25, -0.2) is 4.98 Å². The van der Waals surface area contributed by atoms with Crippen LogP contribution in [0.25, 0.3) is 0 Å². The summed E-state index contributed by atoms with van der Waals surface area (Å²) < 4.78 is 5.11. The zero-order valence-electron chi connectivity index (χ0n) is 9.64. The highest BCUT2D eigenvalue weighted by atomic mass is 32.1. The van der Waals surface area contributed by atoms with Gasteiger partial charge in [0.1, 0.15) is 5.75 Å². The van der Waals surface area contributed by atoms with Crippen molar-refractivity contribution < 1.29 is 4.74 Å². The Hall–Kier alpha value is -1.59. The second-order valence-electron chi connectivity index (χ2n) is 3.54. The minimum Gasteiger partial charge on any atom is -0.497 e. The SMILES string of the molecule is COc1ccc(CNc2ncc(CN)s2)cc1. The highest BCUT2D eigenvalue weighted by Gasteiger charge is 2.00. The third-order valence-electron chi connectivity index (χ3n) is 2.36. The smallest absolute Gasteiger partial charge is 0.183 e. The fourth-order valence-corrected chi connectivity index (χ4v) is 2.09. The molecule has 0 amide bonds. The average molecular weight is 249 g/mol. The summed E-state index contributed by atoms with van der Waals surface area (Å²) in [6, 6.07) is 7.96. The molecule has 0 unspecified atom stereocenters. The van der Waals surface area contributed by atoms with E-state index in [-0.39, 0.29) is 0 Å². The maximum atomic E-state index is 5.53. The standard InChI is InChI=1S/C12H15N3OS/c1-16-10-4-2-9(3-5-10)7-14-12-15-8-11(6-13)17-12/h2-5,8H,6-7,13H2,1H3,(H,14,15). The first-order valence-corrected chi connectivity index (χ1v) is 6.15. The van der Waals surface area contributed by atoms with Crippen LogP contribution < -0.4 is 15.8 Å². The van der Waals surface area contributed by atoms with Crippen molar-refractivity contribution in [1.29, 1.82) is 0 Å². The van der Waals surface area contributed by atoms with E-state index < -0.39 is 0 Å². The van der Waals surface area contributed by atoms with Crippen molar-refractivity contribution >= 4 is 16.5 Å². The number of hydrogen-bond acceptors (Lipinski definition) is 5. The molecule has 0 aliphatic rings. The van der Waals surface area contributed by atoms with Crippen molar-refractivity contribution in [3.8, 4) is 5.75 Å². The van der Waals surface area contributed by atoms with Crippen molar-refractivity contribution in [3.63, 3.8) is 0 Å². The summed E-state index contributed by atoms with van der Waals surface area (Å²) in [6.07, 6.45) is 1.81. The van der Waals surface area contributed by atoms with Crippen molar-refractivity contribution in [2.24, 2.45) is 5.73 Å². The van der Waals surface area contributed by atoms with Crippen molar-refractivity contribution in [3.05, 3.63) is 40.9 Å². The van der Waals surface area contributed by atoms with E-state index in [4.69, 9.17) is 10.5 Å². The molecule has 1 heterocycles. The van der Waals surface area contributed by atoms with Gasteiger partial charge in [-0.05, 0) is 17.7 Å². The number of nitrogens with zero attached hydrogens (tertiary/aromatic N) is 1. The van der Waals surface area contributed by atoms with Crippen LogP contribution >= 0.6 is 11.3 Å². The molecule has 0 fully saturated rings. The Morgan fingerprint density at radius 3 is 2.71 bits per heavy atom. The predicted octanol–water partition coefficient (Wildman–Crippen LogP) is 2.22. The van der Waals surface area contributed by atoms with E-state index in [9.17, 15) is 0 Å². The molecule has 17 heavy (non-hydrogen) atoms. The minimum atomic E-state index is 0.544. The first kappa shape index (κ1) is 11.9. The lowest BCUT2D eigenvalue weighted by Gasteiger charge is -2.04. The summed E-state index contributed by atoms with van der Waals surface area (Å²) in [5, 5.41) is 4.17. The van der Waals surface area contributed by atoms with Gasteiger partial charge in [-0.1, -0.05) is 12.1 Å². The van der Waals surface area contributed by atoms with E-state index in [1.165, 1.54) is 5.56 Å². The Kier molecular flexibility index (Phi) is 3.95. The van der Waals surface area contributed by atoms with Crippen molar-refractivity contribution in [2.45, 2.75) is 13.1 Å². The van der Waals surface area contributed by atoms with Crippen LogP contribution in [0.2, 0.25) is 0 Å². The average Bonchev–Trinajstić information content (AvgIpc) is 2.85.